The van der Waals surface area contributed by atoms with Crippen molar-refractivity contribution in [1.29, 1.82) is 0 Å². The molecular weight excluding hydrogens is 210 g/mol. The molecule has 0 saturated carbocycles. The fourth-order valence-corrected chi connectivity index (χ4v) is 1.29. The Labute approximate surface area is 90.7 Å². The molecule has 82 valence electrons. The van der Waals surface area contributed by atoms with Crippen molar-refractivity contribution >= 4 is 11.6 Å². The number of hydrogen-bond donors (Lipinski definition) is 1. The number of nitrogen functional groups attached to an aromatic ring is 1. The molecule has 0 bridgehead atoms. The minimum atomic E-state index is -0.538. The monoisotopic (exact) mass is 219 g/mol. The molecule has 7 heteroatoms. The number of nitrogens with zero attached hydrogens (tertiary/aromatic N) is 4. The quantitative estimate of drug-likeness (QED) is 0.608. The van der Waals surface area contributed by atoms with Gasteiger partial charge in [-0.15, -0.1) is 0 Å². The zero-order valence-electron chi connectivity index (χ0n) is 8.28. The second kappa shape index (κ2) is 3.97. The van der Waals surface area contributed by atoms with Crippen molar-refractivity contribution in [3.63, 3.8) is 0 Å². The predicted molar refractivity (Wildman–Crippen MR) is 56.6 cm³/mol. The fraction of sp³-hybridized carbons (Fsp3) is 0.111. The number of rotatable bonds is 3. The number of nitrogens with two attached hydrogens (primary N) is 1. The molecule has 2 aromatic heterocycles. The molecular formula is C9H9N5O2. The highest BCUT2D eigenvalue weighted by atomic mass is 16.6. The smallest absolute Gasteiger partial charge is 0.384 e. The molecule has 0 aliphatic rings. The van der Waals surface area contributed by atoms with Crippen LogP contribution in [0.2, 0.25) is 0 Å². The molecule has 7 nitrogen and oxygen atoms in total. The second-order valence-electron chi connectivity index (χ2n) is 3.18. The van der Waals surface area contributed by atoms with Crippen molar-refractivity contribution < 1.29 is 4.92 Å². The van der Waals surface area contributed by atoms with Gasteiger partial charge in [-0.1, -0.05) is 6.07 Å². The lowest BCUT2D eigenvalue weighted by Crippen LogP contribution is -2.04. The van der Waals surface area contributed by atoms with E-state index in [-0.39, 0.29) is 5.82 Å². The first-order chi connectivity index (χ1) is 7.65. The van der Waals surface area contributed by atoms with Crippen LogP contribution in [-0.4, -0.2) is 19.7 Å². The van der Waals surface area contributed by atoms with E-state index in [2.05, 4.69) is 10.1 Å². The summed E-state index contributed by atoms with van der Waals surface area (Å²) in [5.74, 6) is 0.239. The van der Waals surface area contributed by atoms with Crippen LogP contribution in [0.15, 0.2) is 30.5 Å². The Morgan fingerprint density at radius 1 is 1.44 bits per heavy atom. The molecule has 0 unspecified atom stereocenters. The summed E-state index contributed by atoms with van der Waals surface area (Å²) in [5, 5.41) is 14.2. The zero-order chi connectivity index (χ0) is 11.5. The SMILES string of the molecule is Nc1cccc(Cn2ccc([N+](=O)[O-])n2)n1. The molecule has 2 aromatic rings. The molecule has 2 rings (SSSR count). The van der Waals surface area contributed by atoms with Gasteiger partial charge < -0.3 is 15.8 Å². The van der Waals surface area contributed by atoms with Gasteiger partial charge in [0.2, 0.25) is 0 Å². The van der Waals surface area contributed by atoms with Crippen LogP contribution in [0.3, 0.4) is 0 Å². The third kappa shape index (κ3) is 2.14. The van der Waals surface area contributed by atoms with Crippen molar-refractivity contribution in [3.05, 3.63) is 46.3 Å². The lowest BCUT2D eigenvalue weighted by molar-refractivity contribution is -0.389. The van der Waals surface area contributed by atoms with E-state index >= 15 is 0 Å². The largest absolute Gasteiger partial charge is 0.389 e. The highest BCUT2D eigenvalue weighted by molar-refractivity contribution is 5.28. The highest BCUT2D eigenvalue weighted by Crippen LogP contribution is 2.07. The normalized spacial score (nSPS) is 10.2. The number of nitro groups is 1. The maximum atomic E-state index is 10.4. The number of anilines is 1. The summed E-state index contributed by atoms with van der Waals surface area (Å²) in [6.07, 6.45) is 1.53. The van der Waals surface area contributed by atoms with E-state index in [1.54, 1.807) is 18.2 Å². The molecule has 2 heterocycles. The fourth-order valence-electron chi connectivity index (χ4n) is 1.29. The van der Waals surface area contributed by atoms with Crippen LogP contribution >= 0.6 is 0 Å². The Morgan fingerprint density at radius 2 is 2.25 bits per heavy atom. The Morgan fingerprint density at radius 3 is 2.88 bits per heavy atom. The first kappa shape index (κ1) is 10.1. The van der Waals surface area contributed by atoms with Gasteiger partial charge in [0.1, 0.15) is 12.4 Å². The van der Waals surface area contributed by atoms with E-state index in [0.29, 0.717) is 18.1 Å². The molecule has 0 amide bonds. The topological polar surface area (TPSA) is 99.9 Å². The summed E-state index contributed by atoms with van der Waals surface area (Å²) in [5.41, 5.74) is 6.22. The molecule has 0 atom stereocenters. The van der Waals surface area contributed by atoms with Gasteiger partial charge in [0.25, 0.3) is 0 Å². The van der Waals surface area contributed by atoms with E-state index in [0.717, 1.165) is 0 Å². The van der Waals surface area contributed by atoms with Gasteiger partial charge in [0, 0.05) is 0 Å². The molecule has 2 N–H and O–H groups in total. The lowest BCUT2D eigenvalue weighted by atomic mass is 10.3. The lowest BCUT2D eigenvalue weighted by Gasteiger charge is -1.98. The van der Waals surface area contributed by atoms with Crippen LogP contribution < -0.4 is 5.73 Å². The average Bonchev–Trinajstić information content (AvgIpc) is 2.66. The van der Waals surface area contributed by atoms with Crippen molar-refractivity contribution in [1.82, 2.24) is 14.8 Å². The third-order valence-corrected chi connectivity index (χ3v) is 1.97. The highest BCUT2D eigenvalue weighted by Gasteiger charge is 2.11. The van der Waals surface area contributed by atoms with Gasteiger partial charge in [-0.2, -0.15) is 4.68 Å². The third-order valence-electron chi connectivity index (χ3n) is 1.97. The Balaban J connectivity index is 2.17. The van der Waals surface area contributed by atoms with Crippen LogP contribution in [0, 0.1) is 10.1 Å². The first-order valence-corrected chi connectivity index (χ1v) is 4.54. The zero-order valence-corrected chi connectivity index (χ0v) is 8.28. The van der Waals surface area contributed by atoms with Gasteiger partial charge in [0.15, 0.2) is 0 Å². The minimum Gasteiger partial charge on any atom is -0.384 e. The molecule has 0 aromatic carbocycles. The van der Waals surface area contributed by atoms with Gasteiger partial charge in [-0.05, 0) is 17.1 Å². The van der Waals surface area contributed by atoms with Crippen molar-refractivity contribution in [2.45, 2.75) is 6.54 Å². The standard InChI is InChI=1S/C9H9N5O2/c10-8-3-1-2-7(11-8)6-13-5-4-9(12-13)14(15)16/h1-5H,6H2,(H2,10,11). The maximum absolute atomic E-state index is 10.4. The predicted octanol–water partition coefficient (Wildman–Crippen LogP) is 0.817. The number of hydrogen-bond acceptors (Lipinski definition) is 5. The van der Waals surface area contributed by atoms with E-state index in [9.17, 15) is 10.1 Å². The summed E-state index contributed by atoms with van der Waals surface area (Å²) in [4.78, 5) is 13.9. The Kier molecular flexibility index (Phi) is 2.50. The second-order valence-corrected chi connectivity index (χ2v) is 3.18. The van der Waals surface area contributed by atoms with Gasteiger partial charge in [-0.25, -0.2) is 4.98 Å². The van der Waals surface area contributed by atoms with Gasteiger partial charge in [-0.3, -0.25) is 0 Å². The molecule has 0 aliphatic carbocycles. The minimum absolute atomic E-state index is 0.177. The summed E-state index contributed by atoms with van der Waals surface area (Å²) >= 11 is 0. The van der Waals surface area contributed by atoms with Gasteiger partial charge >= 0.3 is 5.82 Å². The summed E-state index contributed by atoms with van der Waals surface area (Å²) in [6.45, 7) is 0.360. The van der Waals surface area contributed by atoms with Crippen LogP contribution in [0.5, 0.6) is 0 Å². The molecule has 0 radical (unpaired) electrons. The van der Waals surface area contributed by atoms with Crippen molar-refractivity contribution in [2.24, 2.45) is 0 Å². The van der Waals surface area contributed by atoms with Gasteiger partial charge in [0.05, 0.1) is 23.1 Å². The first-order valence-electron chi connectivity index (χ1n) is 4.54. The Hall–Kier alpha value is -2.44. The van der Waals surface area contributed by atoms with E-state index in [4.69, 9.17) is 5.73 Å². The van der Waals surface area contributed by atoms with Crippen molar-refractivity contribution in [2.75, 3.05) is 5.73 Å². The molecule has 0 aliphatic heterocycles. The average molecular weight is 219 g/mol. The van der Waals surface area contributed by atoms with Crippen LogP contribution in [0.4, 0.5) is 11.6 Å². The molecule has 0 saturated heterocycles. The maximum Gasteiger partial charge on any atom is 0.389 e. The van der Waals surface area contributed by atoms with E-state index in [1.807, 2.05) is 0 Å². The van der Waals surface area contributed by atoms with Crippen molar-refractivity contribution in [3.8, 4) is 0 Å². The summed E-state index contributed by atoms with van der Waals surface area (Å²) in [6, 6.07) is 6.57. The Bertz CT molecular complexity index is 522. The summed E-state index contributed by atoms with van der Waals surface area (Å²) < 4.78 is 1.44. The van der Waals surface area contributed by atoms with E-state index in [1.165, 1.54) is 16.9 Å². The number of pyridine rings is 1. The van der Waals surface area contributed by atoms with Crippen LogP contribution in [-0.2, 0) is 6.54 Å². The van der Waals surface area contributed by atoms with Crippen LogP contribution in [0.1, 0.15) is 5.69 Å². The van der Waals surface area contributed by atoms with Crippen LogP contribution in [0.25, 0.3) is 0 Å². The molecule has 16 heavy (non-hydrogen) atoms. The summed E-state index contributed by atoms with van der Waals surface area (Å²) in [7, 11) is 0. The number of aromatic nitrogens is 3. The molecule has 0 spiro atoms. The van der Waals surface area contributed by atoms with E-state index < -0.39 is 4.92 Å². The molecule has 0 fully saturated rings.